The third-order valence-electron chi connectivity index (χ3n) is 4.85. The minimum Gasteiger partial charge on any atom is -0.377 e. The van der Waals surface area contributed by atoms with Gasteiger partial charge >= 0.3 is 0 Å². The molecule has 0 aliphatic heterocycles. The number of ether oxygens (including phenoxy) is 1. The smallest absolute Gasteiger partial charge is 0.0594 e. The summed E-state index contributed by atoms with van der Waals surface area (Å²) in [5, 5.41) is 3.63. The van der Waals surface area contributed by atoms with Gasteiger partial charge in [-0.1, -0.05) is 49.6 Å². The largest absolute Gasteiger partial charge is 0.377 e. The number of rotatable bonds is 6. The van der Waals surface area contributed by atoms with Crippen LogP contribution in [0.15, 0.2) is 30.3 Å². The summed E-state index contributed by atoms with van der Waals surface area (Å²) in [6, 6.07) is 11.6. The zero-order valence-corrected chi connectivity index (χ0v) is 12.4. The van der Waals surface area contributed by atoms with Gasteiger partial charge in [0.2, 0.25) is 0 Å². The van der Waals surface area contributed by atoms with Gasteiger partial charge in [0.25, 0.3) is 0 Å². The quantitative estimate of drug-likeness (QED) is 0.794. The molecule has 0 atom stereocenters. The van der Waals surface area contributed by atoms with Crippen LogP contribution in [-0.2, 0) is 4.74 Å². The van der Waals surface area contributed by atoms with Gasteiger partial charge in [-0.15, -0.1) is 0 Å². The Labute approximate surface area is 122 Å². The second-order valence-electron chi connectivity index (χ2n) is 6.36. The zero-order chi connectivity index (χ0) is 13.6. The molecule has 2 nitrogen and oxygen atoms in total. The van der Waals surface area contributed by atoms with Crippen LogP contribution in [0.1, 0.15) is 56.4 Å². The lowest BCUT2D eigenvalue weighted by Gasteiger charge is -2.36. The molecule has 2 heteroatoms. The van der Waals surface area contributed by atoms with Gasteiger partial charge in [-0.05, 0) is 37.2 Å². The topological polar surface area (TPSA) is 21.3 Å². The van der Waals surface area contributed by atoms with Gasteiger partial charge in [-0.3, -0.25) is 0 Å². The first-order valence-corrected chi connectivity index (χ1v) is 8.32. The Morgan fingerprint density at radius 1 is 1.00 bits per heavy atom. The van der Waals surface area contributed by atoms with Crippen LogP contribution >= 0.6 is 0 Å². The normalized spacial score (nSPS) is 27.2. The summed E-state index contributed by atoms with van der Waals surface area (Å²) in [6.07, 6.45) is 9.80. The van der Waals surface area contributed by atoms with Crippen molar-refractivity contribution in [3.05, 3.63) is 35.9 Å². The lowest BCUT2D eigenvalue weighted by molar-refractivity contribution is 0.0280. The Hall–Kier alpha value is -0.860. The van der Waals surface area contributed by atoms with E-state index < -0.39 is 0 Å². The molecule has 1 N–H and O–H groups in total. The maximum atomic E-state index is 5.95. The first-order chi connectivity index (χ1) is 9.92. The van der Waals surface area contributed by atoms with E-state index in [1.807, 2.05) is 0 Å². The van der Waals surface area contributed by atoms with Crippen molar-refractivity contribution in [3.63, 3.8) is 0 Å². The summed E-state index contributed by atoms with van der Waals surface area (Å²) in [4.78, 5) is 0. The van der Waals surface area contributed by atoms with Crippen LogP contribution in [0, 0.1) is 0 Å². The van der Waals surface area contributed by atoms with Crippen LogP contribution in [0.4, 0.5) is 0 Å². The van der Waals surface area contributed by atoms with Crippen molar-refractivity contribution in [3.8, 4) is 0 Å². The van der Waals surface area contributed by atoms with Crippen LogP contribution < -0.4 is 5.32 Å². The van der Waals surface area contributed by atoms with Crippen LogP contribution in [0.3, 0.4) is 0 Å². The van der Waals surface area contributed by atoms with Gasteiger partial charge in [0.15, 0.2) is 0 Å². The Balaban J connectivity index is 1.26. The summed E-state index contributed by atoms with van der Waals surface area (Å²) < 4.78 is 5.95. The second-order valence-corrected chi connectivity index (χ2v) is 6.36. The summed E-state index contributed by atoms with van der Waals surface area (Å²) in [7, 11) is 0. The number of hydrogen-bond acceptors (Lipinski definition) is 2. The minimum absolute atomic E-state index is 0.545. The maximum Gasteiger partial charge on any atom is 0.0594 e. The summed E-state index contributed by atoms with van der Waals surface area (Å²) in [6.45, 7) is 1.90. The second kappa shape index (κ2) is 7.24. The third-order valence-corrected chi connectivity index (χ3v) is 4.85. The molecule has 0 heterocycles. The molecule has 0 amide bonds. The highest BCUT2D eigenvalue weighted by atomic mass is 16.5. The van der Waals surface area contributed by atoms with Gasteiger partial charge < -0.3 is 10.1 Å². The van der Waals surface area contributed by atoms with Gasteiger partial charge in [0.05, 0.1) is 12.7 Å². The number of nitrogens with one attached hydrogen (secondary N) is 1. The van der Waals surface area contributed by atoms with E-state index in [2.05, 4.69) is 35.6 Å². The Kier molecular flexibility index (Phi) is 5.10. The van der Waals surface area contributed by atoms with E-state index in [-0.39, 0.29) is 0 Å². The molecule has 2 fully saturated rings. The Morgan fingerprint density at radius 2 is 1.75 bits per heavy atom. The first-order valence-electron chi connectivity index (χ1n) is 8.32. The molecule has 2 aliphatic carbocycles. The minimum atomic E-state index is 0.545. The average molecular weight is 273 g/mol. The predicted octanol–water partition coefficient (Wildman–Crippen LogP) is 3.87. The fourth-order valence-electron chi connectivity index (χ4n) is 3.50. The SMILES string of the molecule is c1ccc(C2CC(NCCOC3CCCCC3)C2)cc1. The molecule has 1 aromatic carbocycles. The molecule has 2 aliphatic rings. The molecule has 0 spiro atoms. The molecule has 3 rings (SSSR count). The monoisotopic (exact) mass is 273 g/mol. The van der Waals surface area contributed by atoms with Gasteiger partial charge in [-0.25, -0.2) is 0 Å². The molecule has 110 valence electrons. The van der Waals surface area contributed by atoms with E-state index in [0.717, 1.165) is 19.1 Å². The molecule has 0 unspecified atom stereocenters. The molecular formula is C18H27NO. The van der Waals surface area contributed by atoms with E-state index in [9.17, 15) is 0 Å². The molecule has 20 heavy (non-hydrogen) atoms. The van der Waals surface area contributed by atoms with Crippen LogP contribution in [-0.4, -0.2) is 25.3 Å². The lowest BCUT2D eigenvalue weighted by Crippen LogP contribution is -2.41. The van der Waals surface area contributed by atoms with Crippen molar-refractivity contribution < 1.29 is 4.74 Å². The van der Waals surface area contributed by atoms with Gasteiger partial charge in [-0.2, -0.15) is 0 Å². The van der Waals surface area contributed by atoms with E-state index in [1.54, 1.807) is 0 Å². The molecule has 1 aromatic rings. The van der Waals surface area contributed by atoms with Crippen molar-refractivity contribution >= 4 is 0 Å². The molecular weight excluding hydrogens is 246 g/mol. The maximum absolute atomic E-state index is 5.95. The highest BCUT2D eigenvalue weighted by molar-refractivity contribution is 5.22. The standard InChI is InChI=1S/C18H27NO/c1-3-7-15(8-4-1)16-13-17(14-16)19-11-12-20-18-9-5-2-6-10-18/h1,3-4,7-8,16-19H,2,5-6,9-14H2. The van der Waals surface area contributed by atoms with Crippen molar-refractivity contribution in [2.75, 3.05) is 13.2 Å². The van der Waals surface area contributed by atoms with Crippen molar-refractivity contribution in [2.45, 2.75) is 63.0 Å². The van der Waals surface area contributed by atoms with Gasteiger partial charge in [0, 0.05) is 12.6 Å². The van der Waals surface area contributed by atoms with E-state index in [1.165, 1.54) is 50.5 Å². The molecule has 0 saturated heterocycles. The molecule has 0 radical (unpaired) electrons. The van der Waals surface area contributed by atoms with E-state index >= 15 is 0 Å². The zero-order valence-electron chi connectivity index (χ0n) is 12.4. The van der Waals surface area contributed by atoms with Crippen molar-refractivity contribution in [1.82, 2.24) is 5.32 Å². The molecule has 0 bridgehead atoms. The van der Waals surface area contributed by atoms with E-state index in [0.29, 0.717) is 12.1 Å². The lowest BCUT2D eigenvalue weighted by atomic mass is 9.76. The third kappa shape index (κ3) is 3.83. The Morgan fingerprint density at radius 3 is 2.50 bits per heavy atom. The average Bonchev–Trinajstić information content (AvgIpc) is 2.47. The van der Waals surface area contributed by atoms with E-state index in [4.69, 9.17) is 4.74 Å². The number of benzene rings is 1. The Bertz CT molecular complexity index is 380. The first kappa shape index (κ1) is 14.1. The predicted molar refractivity (Wildman–Crippen MR) is 83.0 cm³/mol. The summed E-state index contributed by atoms with van der Waals surface area (Å²) >= 11 is 0. The summed E-state index contributed by atoms with van der Waals surface area (Å²) in [5.74, 6) is 0.771. The molecule has 2 saturated carbocycles. The van der Waals surface area contributed by atoms with Crippen molar-refractivity contribution in [2.24, 2.45) is 0 Å². The highest BCUT2D eigenvalue weighted by Gasteiger charge is 2.29. The number of hydrogen-bond donors (Lipinski definition) is 1. The fraction of sp³-hybridized carbons (Fsp3) is 0.667. The summed E-state index contributed by atoms with van der Waals surface area (Å²) in [5.41, 5.74) is 1.50. The van der Waals surface area contributed by atoms with Crippen molar-refractivity contribution in [1.29, 1.82) is 0 Å². The molecule has 0 aromatic heterocycles. The van der Waals surface area contributed by atoms with Crippen LogP contribution in [0.5, 0.6) is 0 Å². The fourth-order valence-corrected chi connectivity index (χ4v) is 3.50. The van der Waals surface area contributed by atoms with Gasteiger partial charge in [0.1, 0.15) is 0 Å². The van der Waals surface area contributed by atoms with Crippen LogP contribution in [0.25, 0.3) is 0 Å². The van der Waals surface area contributed by atoms with Crippen LogP contribution in [0.2, 0.25) is 0 Å². The highest BCUT2D eigenvalue weighted by Crippen LogP contribution is 2.36.